The fourth-order valence-corrected chi connectivity index (χ4v) is 2.49. The van der Waals surface area contributed by atoms with E-state index in [0.717, 1.165) is 12.8 Å². The van der Waals surface area contributed by atoms with Crippen LogP contribution in [-0.4, -0.2) is 12.5 Å². The molecule has 0 unspecified atom stereocenters. The Labute approximate surface area is 115 Å². The summed E-state index contributed by atoms with van der Waals surface area (Å²) in [6.07, 6.45) is 7.21. The lowest BCUT2D eigenvalue weighted by molar-refractivity contribution is -0.121. The lowest BCUT2D eigenvalue weighted by atomic mass is 9.84. The summed E-state index contributed by atoms with van der Waals surface area (Å²) in [4.78, 5) is 11.9. The van der Waals surface area contributed by atoms with Crippen LogP contribution in [0.15, 0.2) is 42.5 Å². The predicted octanol–water partition coefficient (Wildman–Crippen LogP) is 3.44. The Kier molecular flexibility index (Phi) is 4.41. The number of amides is 1. The molecule has 102 valence electrons. The summed E-state index contributed by atoms with van der Waals surface area (Å²) < 4.78 is 0. The summed E-state index contributed by atoms with van der Waals surface area (Å²) in [5.41, 5.74) is 1.23. The highest BCUT2D eigenvalue weighted by molar-refractivity contribution is 5.76. The number of carbonyl (C=O) groups excluding carboxylic acids is 1. The molecule has 0 aromatic heterocycles. The molecule has 1 amide bonds. The van der Waals surface area contributed by atoms with E-state index in [1.54, 1.807) is 0 Å². The van der Waals surface area contributed by atoms with Gasteiger partial charge in [-0.25, -0.2) is 0 Å². The maximum atomic E-state index is 11.9. The Balaban J connectivity index is 1.83. The second-order valence-electron chi connectivity index (χ2n) is 6.00. The Morgan fingerprint density at radius 2 is 2.05 bits per heavy atom. The van der Waals surface area contributed by atoms with Crippen LogP contribution in [0, 0.1) is 5.92 Å². The van der Waals surface area contributed by atoms with E-state index in [4.69, 9.17) is 0 Å². The molecule has 2 rings (SSSR count). The predicted molar refractivity (Wildman–Crippen MR) is 79.0 cm³/mol. The van der Waals surface area contributed by atoms with E-state index < -0.39 is 0 Å². The highest BCUT2D eigenvalue weighted by atomic mass is 16.1. The molecule has 2 nitrogen and oxygen atoms in total. The molecular formula is C17H23NO. The van der Waals surface area contributed by atoms with Gasteiger partial charge in [-0.2, -0.15) is 0 Å². The molecule has 0 fully saturated rings. The highest BCUT2D eigenvalue weighted by Gasteiger charge is 2.22. The smallest absolute Gasteiger partial charge is 0.220 e. The monoisotopic (exact) mass is 257 g/mol. The van der Waals surface area contributed by atoms with Crippen molar-refractivity contribution in [3.63, 3.8) is 0 Å². The standard InChI is InChI=1S/C17H23NO/c1-17(2,15-10-4-3-5-11-15)13-18-16(19)12-14-8-6-7-9-14/h3-6,8,10-11,14H,7,9,12-13H2,1-2H3,(H,18,19)/t14-/m0/s1. The number of rotatable bonds is 5. The van der Waals surface area contributed by atoms with E-state index in [1.165, 1.54) is 5.56 Å². The van der Waals surface area contributed by atoms with Crippen LogP contribution in [-0.2, 0) is 10.2 Å². The number of hydrogen-bond donors (Lipinski definition) is 1. The average Bonchev–Trinajstić information content (AvgIpc) is 2.90. The summed E-state index contributed by atoms with van der Waals surface area (Å²) in [6, 6.07) is 10.3. The Hall–Kier alpha value is -1.57. The van der Waals surface area contributed by atoms with Crippen molar-refractivity contribution in [3.05, 3.63) is 48.0 Å². The van der Waals surface area contributed by atoms with Crippen molar-refractivity contribution >= 4 is 5.91 Å². The molecule has 0 saturated heterocycles. The lowest BCUT2D eigenvalue weighted by Gasteiger charge is -2.26. The third-order valence-corrected chi connectivity index (χ3v) is 3.84. The first kappa shape index (κ1) is 13.9. The van der Waals surface area contributed by atoms with Gasteiger partial charge in [-0.1, -0.05) is 56.3 Å². The van der Waals surface area contributed by atoms with Crippen LogP contribution < -0.4 is 5.32 Å². The van der Waals surface area contributed by atoms with Gasteiger partial charge in [0, 0.05) is 18.4 Å². The topological polar surface area (TPSA) is 29.1 Å². The molecular weight excluding hydrogens is 234 g/mol. The van der Waals surface area contributed by atoms with E-state index in [1.807, 2.05) is 18.2 Å². The number of hydrogen-bond acceptors (Lipinski definition) is 1. The zero-order valence-corrected chi connectivity index (χ0v) is 11.9. The van der Waals surface area contributed by atoms with Crippen molar-refractivity contribution in [2.75, 3.05) is 6.54 Å². The van der Waals surface area contributed by atoms with Crippen molar-refractivity contribution < 1.29 is 4.79 Å². The van der Waals surface area contributed by atoms with Gasteiger partial charge >= 0.3 is 0 Å². The Bertz CT molecular complexity index is 448. The quantitative estimate of drug-likeness (QED) is 0.804. The maximum absolute atomic E-state index is 11.9. The summed E-state index contributed by atoms with van der Waals surface area (Å²) in [5, 5.41) is 3.08. The lowest BCUT2D eigenvalue weighted by Crippen LogP contribution is -2.37. The van der Waals surface area contributed by atoms with E-state index in [0.29, 0.717) is 18.9 Å². The zero-order valence-electron chi connectivity index (χ0n) is 11.9. The molecule has 1 N–H and O–H groups in total. The largest absolute Gasteiger partial charge is 0.355 e. The van der Waals surface area contributed by atoms with Crippen LogP contribution in [0.3, 0.4) is 0 Å². The molecule has 0 radical (unpaired) electrons. The van der Waals surface area contributed by atoms with Crippen LogP contribution in [0.25, 0.3) is 0 Å². The molecule has 0 spiro atoms. The minimum absolute atomic E-state index is 0.0254. The van der Waals surface area contributed by atoms with Gasteiger partial charge in [0.15, 0.2) is 0 Å². The molecule has 1 aliphatic carbocycles. The Morgan fingerprint density at radius 1 is 1.32 bits per heavy atom. The summed E-state index contributed by atoms with van der Waals surface area (Å²) in [7, 11) is 0. The van der Waals surface area contributed by atoms with Gasteiger partial charge in [-0.05, 0) is 24.3 Å². The van der Waals surface area contributed by atoms with Crippen LogP contribution in [0.2, 0.25) is 0 Å². The number of nitrogens with one attached hydrogen (secondary N) is 1. The van der Waals surface area contributed by atoms with Crippen molar-refractivity contribution in [2.45, 2.75) is 38.5 Å². The van der Waals surface area contributed by atoms with Gasteiger partial charge in [-0.15, -0.1) is 0 Å². The van der Waals surface area contributed by atoms with E-state index in [2.05, 4.69) is 43.4 Å². The van der Waals surface area contributed by atoms with Gasteiger partial charge in [0.05, 0.1) is 0 Å². The molecule has 19 heavy (non-hydrogen) atoms. The van der Waals surface area contributed by atoms with Gasteiger partial charge < -0.3 is 5.32 Å². The van der Waals surface area contributed by atoms with Crippen LogP contribution in [0.5, 0.6) is 0 Å². The van der Waals surface area contributed by atoms with Crippen molar-refractivity contribution in [1.29, 1.82) is 0 Å². The summed E-state index contributed by atoms with van der Waals surface area (Å²) >= 11 is 0. The molecule has 0 heterocycles. The summed E-state index contributed by atoms with van der Waals surface area (Å²) in [6.45, 7) is 5.02. The molecule has 1 atom stereocenters. The third-order valence-electron chi connectivity index (χ3n) is 3.84. The molecule has 0 aliphatic heterocycles. The molecule has 1 aliphatic rings. The second-order valence-corrected chi connectivity index (χ2v) is 6.00. The molecule has 2 heteroatoms. The third kappa shape index (κ3) is 3.95. The average molecular weight is 257 g/mol. The number of allylic oxidation sites excluding steroid dienone is 2. The SMILES string of the molecule is CC(C)(CNC(=O)C[C@H]1C=CCC1)c1ccccc1. The number of benzene rings is 1. The van der Waals surface area contributed by atoms with E-state index in [9.17, 15) is 4.79 Å². The van der Waals surface area contributed by atoms with Gasteiger partial charge in [0.1, 0.15) is 0 Å². The van der Waals surface area contributed by atoms with Crippen LogP contribution >= 0.6 is 0 Å². The minimum Gasteiger partial charge on any atom is -0.355 e. The molecule has 0 bridgehead atoms. The van der Waals surface area contributed by atoms with Crippen molar-refractivity contribution in [3.8, 4) is 0 Å². The normalized spacial score (nSPS) is 18.5. The van der Waals surface area contributed by atoms with Gasteiger partial charge in [0.25, 0.3) is 0 Å². The molecule has 1 aromatic carbocycles. The fourth-order valence-electron chi connectivity index (χ4n) is 2.49. The first-order valence-corrected chi connectivity index (χ1v) is 7.07. The zero-order chi connectivity index (χ0) is 13.7. The molecule has 0 saturated carbocycles. The van der Waals surface area contributed by atoms with Gasteiger partial charge in [-0.3, -0.25) is 4.79 Å². The van der Waals surface area contributed by atoms with E-state index in [-0.39, 0.29) is 11.3 Å². The first-order chi connectivity index (χ1) is 9.08. The van der Waals surface area contributed by atoms with Gasteiger partial charge in [0.2, 0.25) is 5.91 Å². The summed E-state index contributed by atoms with van der Waals surface area (Å²) in [5.74, 6) is 0.611. The van der Waals surface area contributed by atoms with Crippen molar-refractivity contribution in [1.82, 2.24) is 5.32 Å². The minimum atomic E-state index is -0.0254. The van der Waals surface area contributed by atoms with Crippen LogP contribution in [0.4, 0.5) is 0 Å². The van der Waals surface area contributed by atoms with E-state index >= 15 is 0 Å². The number of carbonyl (C=O) groups is 1. The van der Waals surface area contributed by atoms with Crippen LogP contribution in [0.1, 0.15) is 38.7 Å². The fraction of sp³-hybridized carbons (Fsp3) is 0.471. The highest BCUT2D eigenvalue weighted by Crippen LogP contribution is 2.23. The molecule has 1 aromatic rings. The maximum Gasteiger partial charge on any atom is 0.220 e. The second kappa shape index (κ2) is 6.05. The van der Waals surface area contributed by atoms with Crippen molar-refractivity contribution in [2.24, 2.45) is 5.92 Å². The first-order valence-electron chi connectivity index (χ1n) is 7.07. The Morgan fingerprint density at radius 3 is 2.68 bits per heavy atom.